The molecule has 0 spiro atoms. The average molecular weight is 191 g/mol. The normalized spacial score (nSPS) is 19.1. The summed E-state index contributed by atoms with van der Waals surface area (Å²) in [7, 11) is 0. The van der Waals surface area contributed by atoms with Crippen LogP contribution in [-0.4, -0.2) is 17.9 Å². The van der Waals surface area contributed by atoms with Crippen LogP contribution in [0.25, 0.3) is 0 Å². The van der Waals surface area contributed by atoms with Gasteiger partial charge in [-0.3, -0.25) is 9.59 Å². The van der Waals surface area contributed by atoms with Crippen molar-refractivity contribution in [2.24, 2.45) is 5.73 Å². The van der Waals surface area contributed by atoms with Crippen LogP contribution in [0.4, 0.5) is 5.69 Å². The number of primary amides is 1. The smallest absolute Gasteiger partial charge is 0.275 e. The number of rotatable bonds is 1. The van der Waals surface area contributed by atoms with Gasteiger partial charge in [0.1, 0.15) is 5.75 Å². The zero-order valence-corrected chi connectivity index (χ0v) is 7.11. The van der Waals surface area contributed by atoms with Gasteiger partial charge in [-0.25, -0.2) is 0 Å². The van der Waals surface area contributed by atoms with Crippen molar-refractivity contribution in [3.8, 4) is 5.75 Å². The third kappa shape index (κ3) is 1.28. The molecule has 0 aliphatic carbocycles. The molecule has 5 nitrogen and oxygen atoms in total. The van der Waals surface area contributed by atoms with Gasteiger partial charge in [-0.1, -0.05) is 6.07 Å². The van der Waals surface area contributed by atoms with E-state index in [1.54, 1.807) is 12.1 Å². The zero-order chi connectivity index (χ0) is 10.1. The van der Waals surface area contributed by atoms with E-state index in [4.69, 9.17) is 10.5 Å². The predicted octanol–water partition coefficient (Wildman–Crippen LogP) is -0.328. The molecule has 0 bridgehead atoms. The molecule has 5 heteroatoms. The minimum absolute atomic E-state index is 0.399. The van der Waals surface area contributed by atoms with Crippen LogP contribution in [0.15, 0.2) is 18.2 Å². The minimum atomic E-state index is -1.25. The van der Waals surface area contributed by atoms with E-state index < -0.39 is 17.9 Å². The highest BCUT2D eigenvalue weighted by molar-refractivity contribution is 6.10. The molecule has 1 aliphatic rings. The van der Waals surface area contributed by atoms with Gasteiger partial charge in [0.2, 0.25) is 0 Å². The van der Waals surface area contributed by atoms with Crippen molar-refractivity contribution in [1.82, 2.24) is 0 Å². The first-order valence-electron chi connectivity index (χ1n) is 3.95. The van der Waals surface area contributed by atoms with E-state index in [0.29, 0.717) is 11.4 Å². The van der Waals surface area contributed by atoms with Crippen molar-refractivity contribution in [3.05, 3.63) is 24.3 Å². The number of carbonyl (C=O) groups is 2. The summed E-state index contributed by atoms with van der Waals surface area (Å²) in [6.07, 6.45) is -1.25. The highest BCUT2D eigenvalue weighted by Crippen LogP contribution is 2.28. The van der Waals surface area contributed by atoms with E-state index in [9.17, 15) is 9.59 Å². The summed E-state index contributed by atoms with van der Waals surface area (Å²) < 4.78 is 5.09. The Morgan fingerprint density at radius 3 is 3.14 bits per heavy atom. The van der Waals surface area contributed by atoms with Gasteiger partial charge >= 0.3 is 0 Å². The number of benzene rings is 1. The summed E-state index contributed by atoms with van der Waals surface area (Å²) in [6, 6.07) is 7.56. The molecule has 1 unspecified atom stereocenters. The molecule has 1 atom stereocenters. The summed E-state index contributed by atoms with van der Waals surface area (Å²) in [6.45, 7) is 0. The first kappa shape index (κ1) is 8.55. The largest absolute Gasteiger partial charge is 0.468 e. The molecule has 1 radical (unpaired) electrons. The van der Waals surface area contributed by atoms with Crippen LogP contribution in [0.1, 0.15) is 0 Å². The Labute approximate surface area is 79.8 Å². The molecule has 1 aliphatic heterocycles. The maximum atomic E-state index is 11.3. The van der Waals surface area contributed by atoms with Crippen molar-refractivity contribution in [2.45, 2.75) is 6.10 Å². The first-order chi connectivity index (χ1) is 6.68. The second kappa shape index (κ2) is 3.02. The molecular weight excluding hydrogens is 184 g/mol. The van der Waals surface area contributed by atoms with Gasteiger partial charge in [0.25, 0.3) is 17.9 Å². The molecule has 1 aromatic carbocycles. The number of fused-ring (bicyclic) bond motifs is 1. The number of nitrogens with two attached hydrogens (primary N) is 1. The van der Waals surface area contributed by atoms with Gasteiger partial charge in [0, 0.05) is 0 Å². The molecule has 1 heterocycles. The van der Waals surface area contributed by atoms with Gasteiger partial charge in [0.15, 0.2) is 0 Å². The molecule has 0 saturated heterocycles. The van der Waals surface area contributed by atoms with E-state index in [-0.39, 0.29) is 0 Å². The summed E-state index contributed by atoms with van der Waals surface area (Å²) in [4.78, 5) is 22.1. The quantitative estimate of drug-likeness (QED) is 0.596. The summed E-state index contributed by atoms with van der Waals surface area (Å²) >= 11 is 0. The minimum Gasteiger partial charge on any atom is -0.468 e. The lowest BCUT2D eigenvalue weighted by molar-refractivity contribution is -0.135. The molecule has 0 saturated carbocycles. The number of anilines is 1. The van der Waals surface area contributed by atoms with E-state index in [1.165, 1.54) is 6.07 Å². The van der Waals surface area contributed by atoms with Crippen molar-refractivity contribution < 1.29 is 14.3 Å². The third-order valence-corrected chi connectivity index (χ3v) is 1.83. The van der Waals surface area contributed by atoms with Crippen molar-refractivity contribution in [2.75, 3.05) is 5.32 Å². The number of nitrogens with one attached hydrogen (secondary N) is 1. The van der Waals surface area contributed by atoms with Gasteiger partial charge in [-0.05, 0) is 18.2 Å². The Morgan fingerprint density at radius 2 is 2.43 bits per heavy atom. The van der Waals surface area contributed by atoms with Gasteiger partial charge < -0.3 is 15.8 Å². The van der Waals surface area contributed by atoms with Crippen molar-refractivity contribution in [3.63, 3.8) is 0 Å². The molecule has 3 N–H and O–H groups in total. The Hall–Kier alpha value is -2.04. The van der Waals surface area contributed by atoms with Crippen LogP contribution in [-0.2, 0) is 9.59 Å². The van der Waals surface area contributed by atoms with Crippen LogP contribution >= 0.6 is 0 Å². The Kier molecular flexibility index (Phi) is 1.85. The molecular formula is C9H7N2O3. The molecule has 2 amide bonds. The second-order valence-corrected chi connectivity index (χ2v) is 2.81. The average Bonchev–Trinajstić information content (AvgIpc) is 2.16. The highest BCUT2D eigenvalue weighted by Gasteiger charge is 2.31. The Morgan fingerprint density at radius 1 is 1.64 bits per heavy atom. The maximum Gasteiger partial charge on any atom is 0.275 e. The molecule has 1 aromatic rings. The number of hydrogen-bond donors (Lipinski definition) is 2. The molecule has 0 fully saturated rings. The van der Waals surface area contributed by atoms with E-state index in [2.05, 4.69) is 11.4 Å². The van der Waals surface area contributed by atoms with Crippen LogP contribution in [0.2, 0.25) is 0 Å². The maximum absolute atomic E-state index is 11.3. The molecule has 71 valence electrons. The van der Waals surface area contributed by atoms with E-state index in [1.807, 2.05) is 0 Å². The molecule has 14 heavy (non-hydrogen) atoms. The SMILES string of the molecule is NC(=O)C1Oc2c[c]ccc2NC1=O. The van der Waals surface area contributed by atoms with Gasteiger partial charge in [0.05, 0.1) is 5.69 Å². The van der Waals surface area contributed by atoms with Crippen LogP contribution in [0.5, 0.6) is 5.75 Å². The fourth-order valence-corrected chi connectivity index (χ4v) is 1.18. The summed E-state index contributed by atoms with van der Waals surface area (Å²) in [5.41, 5.74) is 5.50. The summed E-state index contributed by atoms with van der Waals surface area (Å²) in [5, 5.41) is 2.51. The topological polar surface area (TPSA) is 81.4 Å². The van der Waals surface area contributed by atoms with Crippen molar-refractivity contribution >= 4 is 17.5 Å². The Bertz CT molecular complexity index is 403. The first-order valence-corrected chi connectivity index (χ1v) is 3.95. The number of ether oxygens (including phenoxy) is 1. The van der Waals surface area contributed by atoms with Crippen LogP contribution in [0.3, 0.4) is 0 Å². The standard InChI is InChI=1S/C9H7N2O3/c10-8(12)7-9(13)11-5-3-1-2-4-6(5)14-7/h1,3-4,7H,(H2,10,12)(H,11,13). The monoisotopic (exact) mass is 191 g/mol. The van der Waals surface area contributed by atoms with Gasteiger partial charge in [-0.15, -0.1) is 0 Å². The molecule has 0 aromatic heterocycles. The van der Waals surface area contributed by atoms with Gasteiger partial charge in [-0.2, -0.15) is 0 Å². The zero-order valence-electron chi connectivity index (χ0n) is 7.11. The fraction of sp³-hybridized carbons (Fsp3) is 0.111. The highest BCUT2D eigenvalue weighted by atomic mass is 16.5. The number of carbonyl (C=O) groups excluding carboxylic acids is 2. The lowest BCUT2D eigenvalue weighted by atomic mass is 10.2. The third-order valence-electron chi connectivity index (χ3n) is 1.83. The lowest BCUT2D eigenvalue weighted by Crippen LogP contribution is -2.46. The predicted molar refractivity (Wildman–Crippen MR) is 47.5 cm³/mol. The van der Waals surface area contributed by atoms with Crippen molar-refractivity contribution in [1.29, 1.82) is 0 Å². The van der Waals surface area contributed by atoms with E-state index in [0.717, 1.165) is 0 Å². The Balaban J connectivity index is 2.36. The molecule has 2 rings (SSSR count). The number of amides is 2. The van der Waals surface area contributed by atoms with Crippen LogP contribution < -0.4 is 15.8 Å². The van der Waals surface area contributed by atoms with Crippen LogP contribution in [0, 0.1) is 6.07 Å². The lowest BCUT2D eigenvalue weighted by Gasteiger charge is -2.23. The summed E-state index contributed by atoms with van der Waals surface area (Å²) in [5.74, 6) is -0.955. The number of hydrogen-bond acceptors (Lipinski definition) is 3. The fourth-order valence-electron chi connectivity index (χ4n) is 1.18. The van der Waals surface area contributed by atoms with E-state index >= 15 is 0 Å². The second-order valence-electron chi connectivity index (χ2n) is 2.81.